The molecule has 23 heavy (non-hydrogen) atoms. The summed E-state index contributed by atoms with van der Waals surface area (Å²) in [5, 5.41) is 10.2. The maximum atomic E-state index is 11.4. The van der Waals surface area contributed by atoms with Gasteiger partial charge in [-0.3, -0.25) is 9.69 Å². The Kier molecular flexibility index (Phi) is 4.24. The third kappa shape index (κ3) is 3.16. The molecule has 1 aliphatic heterocycles. The van der Waals surface area contributed by atoms with Crippen LogP contribution in [-0.2, 0) is 4.79 Å². The zero-order valence-electron chi connectivity index (χ0n) is 12.9. The number of carbonyl (C=O) groups is 1. The van der Waals surface area contributed by atoms with Crippen molar-refractivity contribution in [3.8, 4) is 6.07 Å². The van der Waals surface area contributed by atoms with Crippen molar-refractivity contribution in [1.82, 2.24) is 0 Å². The van der Waals surface area contributed by atoms with Crippen LogP contribution in [-0.4, -0.2) is 19.0 Å². The number of piperidine rings is 1. The van der Waals surface area contributed by atoms with E-state index in [0.717, 1.165) is 48.2 Å². The molecule has 3 N–H and O–H groups in total. The number of fused-ring (bicyclic) bond motifs is 1. The third-order valence-electron chi connectivity index (χ3n) is 4.16. The fraction of sp³-hybridized carbons (Fsp3) is 0.278. The number of aromatic amines is 1. The Morgan fingerprint density at radius 2 is 2.00 bits per heavy atom. The largest absolute Gasteiger partial charge is 0.365 e. The average molecular weight is 307 g/mol. The molecule has 0 atom stereocenters. The molecule has 0 bridgehead atoms. The van der Waals surface area contributed by atoms with E-state index in [1.54, 1.807) is 6.08 Å². The number of benzene rings is 1. The van der Waals surface area contributed by atoms with Crippen LogP contribution >= 0.6 is 0 Å². The first-order valence-electron chi connectivity index (χ1n) is 7.80. The van der Waals surface area contributed by atoms with Gasteiger partial charge >= 0.3 is 0 Å². The molecule has 116 valence electrons. The highest BCUT2D eigenvalue weighted by Crippen LogP contribution is 2.25. The molecule has 5 heteroatoms. The summed E-state index contributed by atoms with van der Waals surface area (Å²) in [6.45, 7) is 1.93. The van der Waals surface area contributed by atoms with Crippen LogP contribution < -0.4 is 15.6 Å². The Morgan fingerprint density at radius 3 is 2.70 bits per heavy atom. The number of rotatable bonds is 3. The van der Waals surface area contributed by atoms with Crippen LogP contribution in [0.1, 0.15) is 24.8 Å². The third-order valence-corrected chi connectivity index (χ3v) is 4.16. The molecule has 1 amide bonds. The number of nitrogens with zero attached hydrogens (tertiary/aromatic N) is 2. The molecule has 2 aromatic rings. The molecule has 0 unspecified atom stereocenters. The summed E-state index contributed by atoms with van der Waals surface area (Å²) in [6, 6.07) is 11.8. The predicted molar refractivity (Wildman–Crippen MR) is 89.4 cm³/mol. The van der Waals surface area contributed by atoms with Crippen molar-refractivity contribution in [2.24, 2.45) is 5.73 Å². The Morgan fingerprint density at radius 1 is 1.26 bits per heavy atom. The number of nitrogens with two attached hydrogens (primary N) is 1. The molecule has 0 spiro atoms. The summed E-state index contributed by atoms with van der Waals surface area (Å²) in [4.78, 5) is 17.1. The first-order valence-corrected chi connectivity index (χ1v) is 7.80. The molecule has 0 radical (unpaired) electrons. The SMILES string of the molecule is N#C/C(=C\c1cc2ccccc2[nH+]c1N1CCCCC1)C(N)=O. The van der Waals surface area contributed by atoms with E-state index in [9.17, 15) is 4.79 Å². The minimum atomic E-state index is -0.703. The van der Waals surface area contributed by atoms with Crippen molar-refractivity contribution in [3.05, 3.63) is 41.5 Å². The monoisotopic (exact) mass is 307 g/mol. The minimum Gasteiger partial charge on any atom is -0.365 e. The maximum Gasteiger partial charge on any atom is 0.282 e. The Labute approximate surface area is 135 Å². The van der Waals surface area contributed by atoms with Crippen LogP contribution in [0.5, 0.6) is 0 Å². The van der Waals surface area contributed by atoms with Crippen LogP contribution in [0.2, 0.25) is 0 Å². The number of anilines is 1. The first-order chi connectivity index (χ1) is 11.2. The molecule has 5 nitrogen and oxygen atoms in total. The summed E-state index contributed by atoms with van der Waals surface area (Å²) in [6.07, 6.45) is 5.10. The predicted octanol–water partition coefficient (Wildman–Crippen LogP) is 2.04. The van der Waals surface area contributed by atoms with E-state index in [0.29, 0.717) is 0 Å². The second-order valence-electron chi connectivity index (χ2n) is 5.74. The number of carbonyl (C=O) groups excluding carboxylic acids is 1. The Bertz CT molecular complexity index is 813. The number of aromatic nitrogens is 1. The van der Waals surface area contributed by atoms with Crippen LogP contribution in [0.4, 0.5) is 5.82 Å². The van der Waals surface area contributed by atoms with E-state index in [-0.39, 0.29) is 5.57 Å². The smallest absolute Gasteiger partial charge is 0.282 e. The topological polar surface area (TPSA) is 84.3 Å². The average Bonchev–Trinajstić information content (AvgIpc) is 2.59. The second kappa shape index (κ2) is 6.49. The molecule has 1 aromatic carbocycles. The lowest BCUT2D eigenvalue weighted by Crippen LogP contribution is -2.35. The molecule has 1 saturated heterocycles. The van der Waals surface area contributed by atoms with Crippen molar-refractivity contribution in [2.75, 3.05) is 18.0 Å². The molecule has 0 aliphatic carbocycles. The molecule has 1 fully saturated rings. The summed E-state index contributed by atoms with van der Waals surface area (Å²) >= 11 is 0. The second-order valence-corrected chi connectivity index (χ2v) is 5.74. The van der Waals surface area contributed by atoms with Gasteiger partial charge in [-0.25, -0.2) is 4.98 Å². The van der Waals surface area contributed by atoms with Gasteiger partial charge in [-0.2, -0.15) is 5.26 Å². The van der Waals surface area contributed by atoms with Gasteiger partial charge in [0.25, 0.3) is 11.7 Å². The van der Waals surface area contributed by atoms with Crippen molar-refractivity contribution in [3.63, 3.8) is 0 Å². The van der Waals surface area contributed by atoms with E-state index in [1.165, 1.54) is 6.42 Å². The van der Waals surface area contributed by atoms with Crippen LogP contribution in [0.3, 0.4) is 0 Å². The number of hydrogen-bond acceptors (Lipinski definition) is 3. The van der Waals surface area contributed by atoms with Gasteiger partial charge in [-0.05, 0) is 37.5 Å². The fourth-order valence-corrected chi connectivity index (χ4v) is 2.98. The molecular weight excluding hydrogens is 288 g/mol. The van der Waals surface area contributed by atoms with Gasteiger partial charge in [0, 0.05) is 5.39 Å². The first kappa shape index (κ1) is 15.0. The fourth-order valence-electron chi connectivity index (χ4n) is 2.98. The summed E-state index contributed by atoms with van der Waals surface area (Å²) < 4.78 is 0. The standard InChI is InChI=1S/C18H18N4O/c19-12-15(17(20)23)11-14-10-13-6-2-3-7-16(13)21-18(14)22-8-4-1-5-9-22/h2-3,6-7,10-11H,1,4-5,8-9H2,(H2,20,23)/p+1/b15-11+. The number of para-hydroxylation sites is 1. The van der Waals surface area contributed by atoms with Crippen molar-refractivity contribution in [1.29, 1.82) is 5.26 Å². The number of amides is 1. The highest BCUT2D eigenvalue weighted by molar-refractivity contribution is 6.01. The van der Waals surface area contributed by atoms with E-state index < -0.39 is 5.91 Å². The lowest BCUT2D eigenvalue weighted by Gasteiger charge is -2.22. The van der Waals surface area contributed by atoms with Crippen LogP contribution in [0.15, 0.2) is 35.9 Å². The van der Waals surface area contributed by atoms with E-state index >= 15 is 0 Å². The minimum absolute atomic E-state index is 0.0352. The van der Waals surface area contributed by atoms with Crippen LogP contribution in [0.25, 0.3) is 17.0 Å². The normalized spacial score (nSPS) is 15.4. The van der Waals surface area contributed by atoms with Crippen molar-refractivity contribution < 1.29 is 9.78 Å². The van der Waals surface area contributed by atoms with Gasteiger partial charge in [-0.1, -0.05) is 18.2 Å². The molecule has 2 heterocycles. The quantitative estimate of drug-likeness (QED) is 0.695. The number of pyridine rings is 1. The Hall–Kier alpha value is -2.87. The van der Waals surface area contributed by atoms with Gasteiger partial charge in [0.1, 0.15) is 17.2 Å². The molecular formula is C18H19N4O+. The van der Waals surface area contributed by atoms with Gasteiger partial charge in [0.05, 0.1) is 18.7 Å². The molecule has 0 saturated carbocycles. The number of primary amides is 1. The lowest BCUT2D eigenvalue weighted by atomic mass is 10.1. The van der Waals surface area contributed by atoms with Gasteiger partial charge in [0.2, 0.25) is 0 Å². The Balaban J connectivity index is 2.16. The summed E-state index contributed by atoms with van der Waals surface area (Å²) in [7, 11) is 0. The highest BCUT2D eigenvalue weighted by atomic mass is 16.1. The number of H-pyrrole nitrogens is 1. The number of hydrogen-bond donors (Lipinski definition) is 1. The number of nitriles is 1. The van der Waals surface area contributed by atoms with E-state index in [2.05, 4.69) is 9.88 Å². The van der Waals surface area contributed by atoms with E-state index in [4.69, 9.17) is 11.0 Å². The molecule has 1 aromatic heterocycles. The molecule has 1 aliphatic rings. The van der Waals surface area contributed by atoms with E-state index in [1.807, 2.05) is 36.4 Å². The zero-order valence-corrected chi connectivity index (χ0v) is 12.9. The lowest BCUT2D eigenvalue weighted by molar-refractivity contribution is -0.331. The highest BCUT2D eigenvalue weighted by Gasteiger charge is 2.23. The summed E-state index contributed by atoms with van der Waals surface area (Å²) in [5.41, 5.74) is 7.10. The molecule has 3 rings (SSSR count). The van der Waals surface area contributed by atoms with Gasteiger partial charge in [0.15, 0.2) is 0 Å². The van der Waals surface area contributed by atoms with Crippen molar-refractivity contribution in [2.45, 2.75) is 19.3 Å². The summed E-state index contributed by atoms with van der Waals surface area (Å²) in [5.74, 6) is 0.239. The van der Waals surface area contributed by atoms with Crippen molar-refractivity contribution >= 4 is 28.7 Å². The van der Waals surface area contributed by atoms with Gasteiger partial charge in [-0.15, -0.1) is 0 Å². The van der Waals surface area contributed by atoms with Crippen LogP contribution in [0, 0.1) is 11.3 Å². The number of nitrogens with one attached hydrogen (secondary N) is 1. The maximum absolute atomic E-state index is 11.4. The zero-order chi connectivity index (χ0) is 16.2. The van der Waals surface area contributed by atoms with Gasteiger partial charge < -0.3 is 5.73 Å².